The Morgan fingerprint density at radius 2 is 1.92 bits per heavy atom. The van der Waals surface area contributed by atoms with Gasteiger partial charge in [0.05, 0.1) is 0 Å². The molecular formula is C20H33N3O2. The van der Waals surface area contributed by atoms with Crippen LogP contribution in [0, 0.1) is 5.92 Å². The Morgan fingerprint density at radius 3 is 2.52 bits per heavy atom. The minimum atomic E-state index is -0.498. The van der Waals surface area contributed by atoms with E-state index in [-0.39, 0.29) is 0 Å². The van der Waals surface area contributed by atoms with Crippen LogP contribution in [-0.2, 0) is 4.74 Å². The van der Waals surface area contributed by atoms with E-state index in [9.17, 15) is 4.79 Å². The highest BCUT2D eigenvalue weighted by Crippen LogP contribution is 2.24. The van der Waals surface area contributed by atoms with Gasteiger partial charge in [-0.3, -0.25) is 5.32 Å². The third-order valence-electron chi connectivity index (χ3n) is 4.69. The summed E-state index contributed by atoms with van der Waals surface area (Å²) in [5.41, 5.74) is 1.27. The SMILES string of the molecule is CCN1CCC(C(C)Nc2cccc(NC(=O)OC(C)(C)C)c2)CC1. The largest absolute Gasteiger partial charge is 0.444 e. The molecule has 1 aliphatic rings. The van der Waals surface area contributed by atoms with Gasteiger partial charge in [-0.05, 0) is 84.3 Å². The van der Waals surface area contributed by atoms with Crippen molar-refractivity contribution in [1.29, 1.82) is 0 Å². The van der Waals surface area contributed by atoms with Crippen LogP contribution in [0.3, 0.4) is 0 Å². The fourth-order valence-electron chi connectivity index (χ4n) is 3.26. The molecule has 1 aliphatic heterocycles. The van der Waals surface area contributed by atoms with Crippen LogP contribution < -0.4 is 10.6 Å². The third kappa shape index (κ3) is 6.58. The maximum atomic E-state index is 11.9. The zero-order valence-electron chi connectivity index (χ0n) is 16.3. The molecule has 2 N–H and O–H groups in total. The van der Waals surface area contributed by atoms with Crippen molar-refractivity contribution in [3.05, 3.63) is 24.3 Å². The molecule has 5 nitrogen and oxygen atoms in total. The normalized spacial score (nSPS) is 17.8. The Kier molecular flexibility index (Phi) is 6.71. The molecule has 0 radical (unpaired) electrons. The third-order valence-corrected chi connectivity index (χ3v) is 4.69. The van der Waals surface area contributed by atoms with Gasteiger partial charge < -0.3 is 15.0 Å². The second-order valence-corrected chi connectivity index (χ2v) is 7.91. The van der Waals surface area contributed by atoms with Crippen molar-refractivity contribution in [2.24, 2.45) is 5.92 Å². The van der Waals surface area contributed by atoms with E-state index < -0.39 is 11.7 Å². The number of hydrogen-bond acceptors (Lipinski definition) is 4. The van der Waals surface area contributed by atoms with Crippen molar-refractivity contribution in [3.63, 3.8) is 0 Å². The maximum absolute atomic E-state index is 11.9. The smallest absolute Gasteiger partial charge is 0.412 e. The van der Waals surface area contributed by atoms with Gasteiger partial charge in [-0.25, -0.2) is 4.79 Å². The van der Waals surface area contributed by atoms with Gasteiger partial charge in [0.1, 0.15) is 5.60 Å². The lowest BCUT2D eigenvalue weighted by atomic mass is 9.90. The van der Waals surface area contributed by atoms with Crippen LogP contribution >= 0.6 is 0 Å². The first-order chi connectivity index (χ1) is 11.8. The van der Waals surface area contributed by atoms with Gasteiger partial charge in [0.25, 0.3) is 0 Å². The molecule has 1 atom stereocenters. The summed E-state index contributed by atoms with van der Waals surface area (Å²) in [5, 5.41) is 6.39. The molecule has 0 saturated carbocycles. The van der Waals surface area contributed by atoms with Gasteiger partial charge >= 0.3 is 6.09 Å². The van der Waals surface area contributed by atoms with E-state index in [0.717, 1.165) is 17.9 Å². The van der Waals surface area contributed by atoms with Crippen molar-refractivity contribution in [2.45, 2.75) is 59.1 Å². The molecule has 2 rings (SSSR count). The Morgan fingerprint density at radius 1 is 1.28 bits per heavy atom. The summed E-state index contributed by atoms with van der Waals surface area (Å²) >= 11 is 0. The number of piperidine rings is 1. The van der Waals surface area contributed by atoms with Crippen molar-refractivity contribution < 1.29 is 9.53 Å². The molecule has 1 aromatic rings. The number of hydrogen-bond donors (Lipinski definition) is 2. The molecule has 25 heavy (non-hydrogen) atoms. The van der Waals surface area contributed by atoms with E-state index in [1.54, 1.807) is 0 Å². The van der Waals surface area contributed by atoms with Crippen LogP contribution in [0.4, 0.5) is 16.2 Å². The minimum Gasteiger partial charge on any atom is -0.444 e. The number of nitrogens with one attached hydrogen (secondary N) is 2. The predicted molar refractivity (Wildman–Crippen MR) is 104 cm³/mol. The van der Waals surface area contributed by atoms with Crippen LogP contribution in [0.5, 0.6) is 0 Å². The lowest BCUT2D eigenvalue weighted by Gasteiger charge is -2.35. The van der Waals surface area contributed by atoms with Crippen LogP contribution in [0.15, 0.2) is 24.3 Å². The summed E-state index contributed by atoms with van der Waals surface area (Å²) in [6.45, 7) is 13.6. The Labute approximate surface area is 152 Å². The Balaban J connectivity index is 1.89. The van der Waals surface area contributed by atoms with E-state index in [1.807, 2.05) is 45.0 Å². The first-order valence-corrected chi connectivity index (χ1v) is 9.36. The van der Waals surface area contributed by atoms with E-state index in [2.05, 4.69) is 29.4 Å². The zero-order chi connectivity index (χ0) is 18.4. The van der Waals surface area contributed by atoms with Crippen LogP contribution in [-0.4, -0.2) is 42.3 Å². The van der Waals surface area contributed by atoms with Gasteiger partial charge in [0.15, 0.2) is 0 Å². The second-order valence-electron chi connectivity index (χ2n) is 7.91. The number of carbonyl (C=O) groups excluding carboxylic acids is 1. The standard InChI is InChI=1S/C20H33N3O2/c1-6-23-12-10-16(11-13-23)15(2)21-17-8-7-9-18(14-17)22-19(24)25-20(3,4)5/h7-9,14-16,21H,6,10-13H2,1-5H3,(H,22,24). The summed E-state index contributed by atoms with van der Waals surface area (Å²) in [7, 11) is 0. The fourth-order valence-corrected chi connectivity index (χ4v) is 3.26. The molecule has 0 aromatic heterocycles. The molecule has 0 aliphatic carbocycles. The van der Waals surface area contributed by atoms with Crippen LogP contribution in [0.1, 0.15) is 47.5 Å². The lowest BCUT2D eigenvalue weighted by Crippen LogP contribution is -2.39. The molecule has 140 valence electrons. The molecule has 1 fully saturated rings. The minimum absolute atomic E-state index is 0.413. The quantitative estimate of drug-likeness (QED) is 0.819. The first-order valence-electron chi connectivity index (χ1n) is 9.36. The van der Waals surface area contributed by atoms with Crippen LogP contribution in [0.25, 0.3) is 0 Å². The van der Waals surface area contributed by atoms with Crippen molar-refractivity contribution >= 4 is 17.5 Å². The number of likely N-dealkylation sites (tertiary alicyclic amines) is 1. The number of rotatable bonds is 5. The fraction of sp³-hybridized carbons (Fsp3) is 0.650. The molecule has 0 bridgehead atoms. The van der Waals surface area contributed by atoms with E-state index in [1.165, 1.54) is 25.9 Å². The average molecular weight is 348 g/mol. The molecule has 0 spiro atoms. The first kappa shape index (κ1) is 19.6. The second kappa shape index (κ2) is 8.56. The van der Waals surface area contributed by atoms with Crippen molar-refractivity contribution in [2.75, 3.05) is 30.3 Å². The molecule has 1 unspecified atom stereocenters. The zero-order valence-corrected chi connectivity index (χ0v) is 16.3. The number of ether oxygens (including phenoxy) is 1. The number of nitrogens with zero attached hydrogens (tertiary/aromatic N) is 1. The number of benzene rings is 1. The van der Waals surface area contributed by atoms with Crippen molar-refractivity contribution in [3.8, 4) is 0 Å². The van der Waals surface area contributed by atoms with E-state index in [0.29, 0.717) is 12.0 Å². The predicted octanol–water partition coefficient (Wildman–Crippen LogP) is 4.57. The molecule has 1 aromatic carbocycles. The van der Waals surface area contributed by atoms with Gasteiger partial charge in [-0.2, -0.15) is 0 Å². The van der Waals surface area contributed by atoms with Crippen LogP contribution in [0.2, 0.25) is 0 Å². The topological polar surface area (TPSA) is 53.6 Å². The van der Waals surface area contributed by atoms with Crippen molar-refractivity contribution in [1.82, 2.24) is 4.90 Å². The summed E-state index contributed by atoms with van der Waals surface area (Å²) in [5.74, 6) is 0.685. The van der Waals surface area contributed by atoms with E-state index >= 15 is 0 Å². The summed E-state index contributed by atoms with van der Waals surface area (Å²) < 4.78 is 5.30. The molecule has 1 amide bonds. The summed E-state index contributed by atoms with van der Waals surface area (Å²) in [6.07, 6.45) is 2.04. The van der Waals surface area contributed by atoms with Gasteiger partial charge in [0, 0.05) is 17.4 Å². The molecular weight excluding hydrogens is 314 g/mol. The summed E-state index contributed by atoms with van der Waals surface area (Å²) in [6, 6.07) is 8.23. The number of anilines is 2. The van der Waals surface area contributed by atoms with Gasteiger partial charge in [-0.15, -0.1) is 0 Å². The molecule has 5 heteroatoms. The van der Waals surface area contributed by atoms with E-state index in [4.69, 9.17) is 4.74 Å². The Hall–Kier alpha value is -1.75. The Bertz CT molecular complexity index is 560. The average Bonchev–Trinajstić information content (AvgIpc) is 2.53. The lowest BCUT2D eigenvalue weighted by molar-refractivity contribution is 0.0636. The van der Waals surface area contributed by atoms with Gasteiger partial charge in [0.2, 0.25) is 0 Å². The monoisotopic (exact) mass is 347 g/mol. The highest BCUT2D eigenvalue weighted by molar-refractivity contribution is 5.85. The number of amides is 1. The van der Waals surface area contributed by atoms with Gasteiger partial charge in [-0.1, -0.05) is 13.0 Å². The molecule has 1 saturated heterocycles. The highest BCUT2D eigenvalue weighted by atomic mass is 16.6. The maximum Gasteiger partial charge on any atom is 0.412 e. The molecule has 1 heterocycles. The summed E-state index contributed by atoms with van der Waals surface area (Å²) in [4.78, 5) is 14.4. The number of carbonyl (C=O) groups is 1. The highest BCUT2D eigenvalue weighted by Gasteiger charge is 2.23.